The Labute approximate surface area is 151 Å². The van der Waals surface area contributed by atoms with Crippen LogP contribution in [0.4, 0.5) is 10.5 Å². The molecule has 7 heteroatoms. The van der Waals surface area contributed by atoms with E-state index in [1.807, 2.05) is 30.3 Å². The third-order valence-corrected chi connectivity index (χ3v) is 3.85. The van der Waals surface area contributed by atoms with Gasteiger partial charge in [-0.1, -0.05) is 30.3 Å². The van der Waals surface area contributed by atoms with Crippen LogP contribution in [0.3, 0.4) is 0 Å². The maximum Gasteiger partial charge on any atom is 0.411 e. The molecule has 26 heavy (non-hydrogen) atoms. The van der Waals surface area contributed by atoms with Crippen LogP contribution in [0.5, 0.6) is 5.75 Å². The van der Waals surface area contributed by atoms with E-state index in [4.69, 9.17) is 4.74 Å². The van der Waals surface area contributed by atoms with E-state index in [0.717, 1.165) is 17.7 Å². The van der Waals surface area contributed by atoms with Crippen molar-refractivity contribution >= 4 is 23.4 Å². The zero-order valence-corrected chi connectivity index (χ0v) is 14.3. The minimum atomic E-state index is -0.546. The minimum absolute atomic E-state index is 0.102. The van der Waals surface area contributed by atoms with E-state index in [-0.39, 0.29) is 12.5 Å². The Bertz CT molecular complexity index is 803. The van der Waals surface area contributed by atoms with Crippen molar-refractivity contribution in [3.8, 4) is 5.75 Å². The van der Waals surface area contributed by atoms with Crippen LogP contribution in [0, 0.1) is 0 Å². The van der Waals surface area contributed by atoms with Crippen LogP contribution in [-0.4, -0.2) is 43.0 Å². The van der Waals surface area contributed by atoms with Crippen molar-refractivity contribution < 1.29 is 19.1 Å². The highest BCUT2D eigenvalue weighted by atomic mass is 16.5. The van der Waals surface area contributed by atoms with Gasteiger partial charge in [-0.15, -0.1) is 0 Å². The normalized spacial score (nSPS) is 13.1. The first kappa shape index (κ1) is 17.5. The van der Waals surface area contributed by atoms with Gasteiger partial charge in [-0.25, -0.2) is 9.80 Å². The van der Waals surface area contributed by atoms with Gasteiger partial charge in [0.1, 0.15) is 5.75 Å². The zero-order valence-electron chi connectivity index (χ0n) is 14.3. The summed E-state index contributed by atoms with van der Waals surface area (Å²) >= 11 is 0. The molecular weight excluding hydrogens is 334 g/mol. The first-order valence-electron chi connectivity index (χ1n) is 8.17. The van der Waals surface area contributed by atoms with Gasteiger partial charge in [0.2, 0.25) is 0 Å². The SMILES string of the molecule is COC(=O)Nc1ccc(OCC(=O)N2CCC(c3ccccc3)=N2)cc1. The van der Waals surface area contributed by atoms with Gasteiger partial charge in [-0.05, 0) is 29.8 Å². The van der Waals surface area contributed by atoms with Crippen molar-refractivity contribution in [1.29, 1.82) is 0 Å². The van der Waals surface area contributed by atoms with Crippen molar-refractivity contribution in [3.63, 3.8) is 0 Å². The number of methoxy groups -OCH3 is 1. The highest BCUT2D eigenvalue weighted by Crippen LogP contribution is 2.17. The molecule has 2 aromatic rings. The number of carbonyl (C=O) groups excluding carboxylic acids is 2. The molecule has 2 aromatic carbocycles. The number of anilines is 1. The number of carbonyl (C=O) groups is 2. The van der Waals surface area contributed by atoms with Gasteiger partial charge in [-0.2, -0.15) is 5.10 Å². The lowest BCUT2D eigenvalue weighted by atomic mass is 10.1. The van der Waals surface area contributed by atoms with Gasteiger partial charge in [0.25, 0.3) is 5.91 Å². The number of amides is 2. The van der Waals surface area contributed by atoms with Crippen LogP contribution in [0.15, 0.2) is 59.7 Å². The van der Waals surface area contributed by atoms with Gasteiger partial charge in [-0.3, -0.25) is 10.1 Å². The number of benzene rings is 2. The number of hydrogen-bond acceptors (Lipinski definition) is 5. The van der Waals surface area contributed by atoms with E-state index in [0.29, 0.717) is 18.0 Å². The van der Waals surface area contributed by atoms with Crippen LogP contribution >= 0.6 is 0 Å². The average Bonchev–Trinajstić information content (AvgIpc) is 3.18. The molecule has 2 amide bonds. The molecule has 1 N–H and O–H groups in total. The molecule has 1 heterocycles. The number of ether oxygens (including phenoxy) is 2. The summed E-state index contributed by atoms with van der Waals surface area (Å²) < 4.78 is 10.0. The number of hydrogen-bond donors (Lipinski definition) is 1. The molecule has 0 fully saturated rings. The molecule has 0 aromatic heterocycles. The summed E-state index contributed by atoms with van der Waals surface area (Å²) in [5, 5.41) is 8.36. The van der Waals surface area contributed by atoms with E-state index in [2.05, 4.69) is 15.2 Å². The second kappa shape index (κ2) is 8.15. The molecule has 0 spiro atoms. The van der Waals surface area contributed by atoms with Crippen LogP contribution < -0.4 is 10.1 Å². The highest BCUT2D eigenvalue weighted by molar-refractivity contribution is 6.02. The van der Waals surface area contributed by atoms with Gasteiger partial charge in [0.15, 0.2) is 6.61 Å². The van der Waals surface area contributed by atoms with Crippen LogP contribution in [-0.2, 0) is 9.53 Å². The third kappa shape index (κ3) is 4.38. The predicted molar refractivity (Wildman–Crippen MR) is 97.3 cm³/mol. The fraction of sp³-hybridized carbons (Fsp3) is 0.211. The Balaban J connectivity index is 1.53. The lowest BCUT2D eigenvalue weighted by molar-refractivity contribution is -0.132. The van der Waals surface area contributed by atoms with E-state index in [1.165, 1.54) is 12.1 Å². The monoisotopic (exact) mass is 353 g/mol. The number of hydrazone groups is 1. The van der Waals surface area contributed by atoms with Crippen LogP contribution in [0.1, 0.15) is 12.0 Å². The van der Waals surface area contributed by atoms with E-state index >= 15 is 0 Å². The molecule has 0 aliphatic carbocycles. The number of nitrogens with zero attached hydrogens (tertiary/aromatic N) is 2. The van der Waals surface area contributed by atoms with Gasteiger partial charge < -0.3 is 9.47 Å². The quantitative estimate of drug-likeness (QED) is 0.896. The van der Waals surface area contributed by atoms with Crippen molar-refractivity contribution in [2.45, 2.75) is 6.42 Å². The molecule has 7 nitrogen and oxygen atoms in total. The minimum Gasteiger partial charge on any atom is -0.484 e. The summed E-state index contributed by atoms with van der Waals surface area (Å²) in [4.78, 5) is 23.4. The molecule has 1 aliphatic rings. The molecular formula is C19H19N3O4. The van der Waals surface area contributed by atoms with Crippen LogP contribution in [0.25, 0.3) is 0 Å². The maximum atomic E-state index is 12.3. The third-order valence-electron chi connectivity index (χ3n) is 3.85. The molecule has 1 aliphatic heterocycles. The number of rotatable bonds is 5. The summed E-state index contributed by atoms with van der Waals surface area (Å²) in [5.74, 6) is 0.327. The molecule has 0 unspecified atom stereocenters. The smallest absolute Gasteiger partial charge is 0.411 e. The first-order chi connectivity index (χ1) is 12.7. The van der Waals surface area contributed by atoms with Crippen molar-refractivity contribution in [3.05, 3.63) is 60.2 Å². The molecule has 0 bridgehead atoms. The molecule has 0 saturated heterocycles. The fourth-order valence-electron chi connectivity index (χ4n) is 2.49. The lowest BCUT2D eigenvalue weighted by Gasteiger charge is -2.12. The van der Waals surface area contributed by atoms with Crippen molar-refractivity contribution in [1.82, 2.24) is 5.01 Å². The second-order valence-electron chi connectivity index (χ2n) is 5.61. The second-order valence-corrected chi connectivity index (χ2v) is 5.61. The fourth-order valence-corrected chi connectivity index (χ4v) is 2.49. The maximum absolute atomic E-state index is 12.3. The van der Waals surface area contributed by atoms with Crippen LogP contribution in [0.2, 0.25) is 0 Å². The Morgan fingerprint density at radius 2 is 1.85 bits per heavy atom. The summed E-state index contributed by atoms with van der Waals surface area (Å²) in [7, 11) is 1.29. The summed E-state index contributed by atoms with van der Waals surface area (Å²) in [6, 6.07) is 16.5. The lowest BCUT2D eigenvalue weighted by Crippen LogP contribution is -2.28. The summed E-state index contributed by atoms with van der Waals surface area (Å²) in [5.41, 5.74) is 2.50. The van der Waals surface area contributed by atoms with Gasteiger partial charge >= 0.3 is 6.09 Å². The Morgan fingerprint density at radius 3 is 2.54 bits per heavy atom. The molecule has 3 rings (SSSR count). The standard InChI is InChI=1S/C19H19N3O4/c1-25-19(24)20-15-7-9-16(10-8-15)26-13-18(23)22-12-11-17(21-22)14-5-3-2-4-6-14/h2-10H,11-13H2,1H3,(H,20,24). The largest absolute Gasteiger partial charge is 0.484 e. The zero-order chi connectivity index (χ0) is 18.4. The Kier molecular flexibility index (Phi) is 5.48. The van der Waals surface area contributed by atoms with Gasteiger partial charge in [0.05, 0.1) is 19.4 Å². The van der Waals surface area contributed by atoms with Gasteiger partial charge in [0, 0.05) is 12.1 Å². The van der Waals surface area contributed by atoms with E-state index < -0.39 is 6.09 Å². The Morgan fingerprint density at radius 1 is 1.12 bits per heavy atom. The highest BCUT2D eigenvalue weighted by Gasteiger charge is 2.21. The predicted octanol–water partition coefficient (Wildman–Crippen LogP) is 2.88. The molecule has 0 atom stereocenters. The van der Waals surface area contributed by atoms with E-state index in [1.54, 1.807) is 24.3 Å². The van der Waals surface area contributed by atoms with Crippen molar-refractivity contribution in [2.75, 3.05) is 25.6 Å². The number of nitrogens with one attached hydrogen (secondary N) is 1. The summed E-state index contributed by atoms with van der Waals surface area (Å²) in [6.45, 7) is 0.448. The van der Waals surface area contributed by atoms with E-state index in [9.17, 15) is 9.59 Å². The first-order valence-corrected chi connectivity index (χ1v) is 8.17. The topological polar surface area (TPSA) is 80.2 Å². The summed E-state index contributed by atoms with van der Waals surface area (Å²) in [6.07, 6.45) is 0.180. The molecule has 134 valence electrons. The van der Waals surface area contributed by atoms with Crippen molar-refractivity contribution in [2.24, 2.45) is 5.10 Å². The Hall–Kier alpha value is -3.35. The molecule has 0 saturated carbocycles. The molecule has 0 radical (unpaired) electrons. The average molecular weight is 353 g/mol.